The maximum Gasteiger partial charge on any atom is 0.322 e. The molecule has 0 aliphatic heterocycles. The Labute approximate surface area is 168 Å². The highest BCUT2D eigenvalue weighted by Crippen LogP contribution is 2.15. The maximum absolute atomic E-state index is 12.2. The molecule has 4 amide bonds. The molecule has 5 N–H and O–H groups in total. The van der Waals surface area contributed by atoms with Gasteiger partial charge < -0.3 is 25.6 Å². The maximum atomic E-state index is 12.2. The molecule has 0 aromatic heterocycles. The summed E-state index contributed by atoms with van der Waals surface area (Å²) >= 11 is 0. The number of rotatable bonds is 10. The molecule has 1 aromatic carbocycles. The van der Waals surface area contributed by atoms with Gasteiger partial charge in [0.25, 0.3) is 0 Å². The number of hydrogen-bond donors (Lipinski definition) is 5. The van der Waals surface area contributed by atoms with Gasteiger partial charge in [-0.05, 0) is 43.0 Å². The van der Waals surface area contributed by atoms with Crippen LogP contribution in [0.5, 0.6) is 0 Å². The van der Waals surface area contributed by atoms with Crippen molar-refractivity contribution in [1.82, 2.24) is 10.6 Å². The summed E-state index contributed by atoms with van der Waals surface area (Å²) in [5.74, 6) is -1.42. The van der Waals surface area contributed by atoms with Crippen molar-refractivity contribution >= 4 is 29.5 Å². The largest absolute Gasteiger partial charge is 0.469 e. The predicted octanol–water partition coefficient (Wildman–Crippen LogP) is 0.557. The molecular weight excluding hydrogens is 382 g/mol. The number of urea groups is 1. The summed E-state index contributed by atoms with van der Waals surface area (Å²) in [6, 6.07) is 2.92. The first-order valence-electron chi connectivity index (χ1n) is 9.11. The van der Waals surface area contributed by atoms with Gasteiger partial charge in [-0.1, -0.05) is 6.07 Å². The fourth-order valence-electron chi connectivity index (χ4n) is 2.41. The van der Waals surface area contributed by atoms with E-state index in [-0.39, 0.29) is 32.0 Å². The SMILES string of the molecule is COC(=O)CCCCC(=O)NC(=O)N[C@@H](C)C(=O)Nc1cc(CO)cc(CO)c1. The van der Waals surface area contributed by atoms with Gasteiger partial charge in [0, 0.05) is 18.5 Å². The van der Waals surface area contributed by atoms with Crippen molar-refractivity contribution in [2.75, 3.05) is 12.4 Å². The highest BCUT2D eigenvalue weighted by molar-refractivity contribution is 5.99. The van der Waals surface area contributed by atoms with Gasteiger partial charge in [0.15, 0.2) is 0 Å². The zero-order chi connectivity index (χ0) is 21.8. The lowest BCUT2D eigenvalue weighted by Gasteiger charge is -2.15. The topological polar surface area (TPSA) is 154 Å². The number of hydrogen-bond acceptors (Lipinski definition) is 7. The first kappa shape index (κ1) is 24.1. The number of aliphatic hydroxyl groups is 2. The number of nitrogens with one attached hydrogen (secondary N) is 3. The molecule has 1 rings (SSSR count). The van der Waals surface area contributed by atoms with Crippen molar-refractivity contribution < 1.29 is 34.1 Å². The highest BCUT2D eigenvalue weighted by atomic mass is 16.5. The Morgan fingerprint density at radius 2 is 1.59 bits per heavy atom. The molecule has 0 unspecified atom stereocenters. The lowest BCUT2D eigenvalue weighted by atomic mass is 10.1. The second-order valence-corrected chi connectivity index (χ2v) is 6.37. The van der Waals surface area contributed by atoms with Crippen LogP contribution in [0.25, 0.3) is 0 Å². The monoisotopic (exact) mass is 409 g/mol. The minimum atomic E-state index is -0.947. The molecule has 0 saturated carbocycles. The Kier molecular flexibility index (Phi) is 10.3. The molecule has 0 aliphatic rings. The summed E-state index contributed by atoms with van der Waals surface area (Å²) in [5, 5.41) is 25.5. The molecule has 0 radical (unpaired) electrons. The fourth-order valence-corrected chi connectivity index (χ4v) is 2.41. The first-order chi connectivity index (χ1) is 13.8. The van der Waals surface area contributed by atoms with Gasteiger partial charge in [-0.25, -0.2) is 4.79 Å². The molecule has 10 heteroatoms. The molecule has 0 spiro atoms. The minimum absolute atomic E-state index is 0.0584. The lowest BCUT2D eigenvalue weighted by molar-refractivity contribution is -0.140. The quantitative estimate of drug-likeness (QED) is 0.279. The number of anilines is 1. The summed E-state index contributed by atoms with van der Waals surface area (Å²) in [5.41, 5.74) is 1.40. The summed E-state index contributed by atoms with van der Waals surface area (Å²) < 4.78 is 4.49. The number of unbranched alkanes of at least 4 members (excludes halogenated alkanes) is 1. The Hall–Kier alpha value is -2.98. The van der Waals surface area contributed by atoms with E-state index in [1.165, 1.54) is 14.0 Å². The molecule has 0 fully saturated rings. The number of carbonyl (C=O) groups excluding carboxylic acids is 4. The van der Waals surface area contributed by atoms with Crippen molar-refractivity contribution in [3.63, 3.8) is 0 Å². The summed E-state index contributed by atoms with van der Waals surface area (Å²) in [4.78, 5) is 46.8. The van der Waals surface area contributed by atoms with E-state index in [2.05, 4.69) is 20.7 Å². The van der Waals surface area contributed by atoms with Crippen LogP contribution in [0.2, 0.25) is 0 Å². The third-order valence-corrected chi connectivity index (χ3v) is 3.94. The number of methoxy groups -OCH3 is 1. The molecular formula is C19H27N3O7. The Morgan fingerprint density at radius 1 is 1.00 bits per heavy atom. The summed E-state index contributed by atoms with van der Waals surface area (Å²) in [7, 11) is 1.28. The van der Waals surface area contributed by atoms with Crippen molar-refractivity contribution in [1.29, 1.82) is 0 Å². The van der Waals surface area contributed by atoms with Crippen LogP contribution in [0.15, 0.2) is 18.2 Å². The van der Waals surface area contributed by atoms with Gasteiger partial charge in [-0.2, -0.15) is 0 Å². The van der Waals surface area contributed by atoms with Gasteiger partial charge in [0.2, 0.25) is 11.8 Å². The number of imide groups is 1. The Balaban J connectivity index is 2.45. The van der Waals surface area contributed by atoms with Crippen LogP contribution >= 0.6 is 0 Å². The molecule has 160 valence electrons. The average molecular weight is 409 g/mol. The molecule has 1 aromatic rings. The van der Waals surface area contributed by atoms with Crippen LogP contribution in [-0.2, 0) is 32.3 Å². The Morgan fingerprint density at radius 3 is 2.14 bits per heavy atom. The van der Waals surface area contributed by atoms with Crippen LogP contribution < -0.4 is 16.0 Å². The zero-order valence-electron chi connectivity index (χ0n) is 16.5. The minimum Gasteiger partial charge on any atom is -0.469 e. The van der Waals surface area contributed by atoms with E-state index in [9.17, 15) is 29.4 Å². The lowest BCUT2D eigenvalue weighted by Crippen LogP contribution is -2.48. The smallest absolute Gasteiger partial charge is 0.322 e. The third-order valence-electron chi connectivity index (χ3n) is 3.94. The average Bonchev–Trinajstić information content (AvgIpc) is 2.70. The number of aliphatic hydroxyl groups excluding tert-OH is 2. The number of carbonyl (C=O) groups is 4. The van der Waals surface area contributed by atoms with Gasteiger partial charge >= 0.3 is 12.0 Å². The standard InChI is InChI=1S/C19H27N3O7/c1-12(18(27)21-15-8-13(10-23)7-14(9-15)11-24)20-19(28)22-16(25)5-3-4-6-17(26)29-2/h7-9,12,23-24H,3-6,10-11H2,1-2H3,(H,21,27)(H2,20,22,25,28)/t12-/m0/s1. The summed E-state index contributed by atoms with van der Waals surface area (Å²) in [6.07, 6.45) is 1.13. The number of benzene rings is 1. The fraction of sp³-hybridized carbons (Fsp3) is 0.474. The van der Waals surface area contributed by atoms with E-state index in [0.717, 1.165) is 0 Å². The predicted molar refractivity (Wildman–Crippen MR) is 104 cm³/mol. The Bertz CT molecular complexity index is 714. The second-order valence-electron chi connectivity index (χ2n) is 6.37. The van der Waals surface area contributed by atoms with E-state index in [1.54, 1.807) is 18.2 Å². The summed E-state index contributed by atoms with van der Waals surface area (Å²) in [6.45, 7) is 0.932. The van der Waals surface area contributed by atoms with Gasteiger partial charge in [-0.15, -0.1) is 0 Å². The molecule has 0 aliphatic carbocycles. The van der Waals surface area contributed by atoms with Crippen LogP contribution in [0.3, 0.4) is 0 Å². The van der Waals surface area contributed by atoms with E-state index < -0.39 is 23.9 Å². The van der Waals surface area contributed by atoms with E-state index in [0.29, 0.717) is 29.7 Å². The molecule has 1 atom stereocenters. The van der Waals surface area contributed by atoms with Crippen molar-refractivity contribution in [3.05, 3.63) is 29.3 Å². The van der Waals surface area contributed by atoms with Crippen LogP contribution in [0, 0.1) is 0 Å². The molecule has 0 saturated heterocycles. The molecule has 10 nitrogen and oxygen atoms in total. The van der Waals surface area contributed by atoms with Crippen molar-refractivity contribution in [3.8, 4) is 0 Å². The highest BCUT2D eigenvalue weighted by Gasteiger charge is 2.17. The van der Waals surface area contributed by atoms with Crippen molar-refractivity contribution in [2.45, 2.75) is 51.9 Å². The van der Waals surface area contributed by atoms with E-state index in [1.807, 2.05) is 0 Å². The normalized spacial score (nSPS) is 11.3. The van der Waals surface area contributed by atoms with E-state index in [4.69, 9.17) is 0 Å². The van der Waals surface area contributed by atoms with Gasteiger partial charge in [0.1, 0.15) is 6.04 Å². The number of esters is 1. The first-order valence-corrected chi connectivity index (χ1v) is 9.11. The van der Waals surface area contributed by atoms with Gasteiger partial charge in [-0.3, -0.25) is 19.7 Å². The molecule has 0 bridgehead atoms. The molecule has 29 heavy (non-hydrogen) atoms. The van der Waals surface area contributed by atoms with Gasteiger partial charge in [0.05, 0.1) is 20.3 Å². The van der Waals surface area contributed by atoms with Crippen LogP contribution in [0.4, 0.5) is 10.5 Å². The third kappa shape index (κ3) is 9.17. The zero-order valence-corrected chi connectivity index (χ0v) is 16.5. The van der Waals surface area contributed by atoms with Crippen LogP contribution in [-0.4, -0.2) is 47.2 Å². The van der Waals surface area contributed by atoms with Crippen LogP contribution in [0.1, 0.15) is 43.7 Å². The van der Waals surface area contributed by atoms with E-state index >= 15 is 0 Å². The van der Waals surface area contributed by atoms with Crippen molar-refractivity contribution in [2.24, 2.45) is 0 Å². The number of amides is 4. The molecule has 0 heterocycles. The number of ether oxygens (including phenoxy) is 1. The second kappa shape index (κ2) is 12.5.